The van der Waals surface area contributed by atoms with Gasteiger partial charge >= 0.3 is 0 Å². The first kappa shape index (κ1) is 16.2. The number of rotatable bonds is 4. The van der Waals surface area contributed by atoms with Crippen LogP contribution < -0.4 is 5.32 Å². The van der Waals surface area contributed by atoms with Crippen LogP contribution in [0.1, 0.15) is 44.2 Å². The van der Waals surface area contributed by atoms with Crippen LogP contribution in [0.2, 0.25) is 5.28 Å². The number of hydrogen-bond acceptors (Lipinski definition) is 4. The Labute approximate surface area is 157 Å². The quantitative estimate of drug-likeness (QED) is 0.896. The molecular formula is C19H22ClN5O. The van der Waals surface area contributed by atoms with Gasteiger partial charge < -0.3 is 5.32 Å². The molecule has 6 rings (SSSR count). The van der Waals surface area contributed by atoms with Crippen LogP contribution in [0, 0.1) is 17.3 Å². The Morgan fingerprint density at radius 2 is 2.04 bits per heavy atom. The van der Waals surface area contributed by atoms with Gasteiger partial charge in [0, 0.05) is 6.20 Å². The molecule has 2 aromatic heterocycles. The third kappa shape index (κ3) is 2.54. The van der Waals surface area contributed by atoms with Crippen LogP contribution in [0.5, 0.6) is 0 Å². The maximum atomic E-state index is 13.2. The van der Waals surface area contributed by atoms with Gasteiger partial charge in [-0.1, -0.05) is 6.07 Å². The molecule has 6 nitrogen and oxygen atoms in total. The molecule has 7 heteroatoms. The molecule has 136 valence electrons. The molecule has 4 saturated carbocycles. The number of nitrogens with zero attached hydrogens (tertiary/aromatic N) is 4. The molecular weight excluding hydrogens is 350 g/mol. The zero-order valence-electron chi connectivity index (χ0n) is 14.6. The third-order valence-electron chi connectivity index (χ3n) is 6.62. The van der Waals surface area contributed by atoms with Crippen molar-refractivity contribution in [1.82, 2.24) is 25.1 Å². The van der Waals surface area contributed by atoms with Gasteiger partial charge in [0.05, 0.1) is 23.2 Å². The molecule has 0 spiro atoms. The summed E-state index contributed by atoms with van der Waals surface area (Å²) in [6, 6.07) is 5.78. The van der Waals surface area contributed by atoms with E-state index in [2.05, 4.69) is 20.4 Å². The van der Waals surface area contributed by atoms with Gasteiger partial charge in [-0.25, -0.2) is 9.67 Å². The summed E-state index contributed by atoms with van der Waals surface area (Å²) in [5.41, 5.74) is 0.493. The van der Waals surface area contributed by atoms with Gasteiger partial charge in [0.25, 0.3) is 0 Å². The first-order valence-electron chi connectivity index (χ1n) is 9.33. The zero-order chi connectivity index (χ0) is 17.8. The number of carbonyl (C=O) groups excluding carboxylic acids is 1. The van der Waals surface area contributed by atoms with Crippen molar-refractivity contribution in [2.24, 2.45) is 17.3 Å². The predicted octanol–water partition coefficient (Wildman–Crippen LogP) is 2.94. The van der Waals surface area contributed by atoms with E-state index in [0.29, 0.717) is 18.4 Å². The minimum Gasteiger partial charge on any atom is -0.350 e. The molecule has 0 aromatic carbocycles. The first-order valence-corrected chi connectivity index (χ1v) is 9.71. The second-order valence-electron chi connectivity index (χ2n) is 8.43. The highest BCUT2D eigenvalue weighted by Crippen LogP contribution is 2.64. The van der Waals surface area contributed by atoms with E-state index < -0.39 is 0 Å². The van der Waals surface area contributed by atoms with Crippen molar-refractivity contribution in [3.8, 4) is 0 Å². The lowest BCUT2D eigenvalue weighted by Gasteiger charge is -2.60. The van der Waals surface area contributed by atoms with E-state index in [9.17, 15) is 4.79 Å². The Bertz CT molecular complexity index is 821. The fourth-order valence-corrected chi connectivity index (χ4v) is 6.21. The van der Waals surface area contributed by atoms with Crippen molar-refractivity contribution >= 4 is 17.5 Å². The second-order valence-corrected chi connectivity index (χ2v) is 8.77. The van der Waals surface area contributed by atoms with Gasteiger partial charge in [-0.3, -0.25) is 9.78 Å². The molecule has 0 saturated heterocycles. The SMILES string of the molecule is O=C(NCc1ccccn1)C12CC3CC(C1)CC(n1cnc(Cl)n1)(C3)C2. The summed E-state index contributed by atoms with van der Waals surface area (Å²) in [7, 11) is 0. The van der Waals surface area contributed by atoms with Gasteiger partial charge in [0.1, 0.15) is 6.33 Å². The highest BCUT2D eigenvalue weighted by Gasteiger charge is 2.61. The number of halogens is 1. The van der Waals surface area contributed by atoms with Gasteiger partial charge in [0.2, 0.25) is 11.2 Å². The summed E-state index contributed by atoms with van der Waals surface area (Å²) >= 11 is 5.99. The molecule has 26 heavy (non-hydrogen) atoms. The van der Waals surface area contributed by atoms with E-state index in [1.54, 1.807) is 12.5 Å². The van der Waals surface area contributed by atoms with Crippen LogP contribution in [0.4, 0.5) is 0 Å². The van der Waals surface area contributed by atoms with Crippen molar-refractivity contribution in [3.05, 3.63) is 41.7 Å². The lowest BCUT2D eigenvalue weighted by atomic mass is 9.46. The van der Waals surface area contributed by atoms with Crippen molar-refractivity contribution in [2.75, 3.05) is 0 Å². The molecule has 2 unspecified atom stereocenters. The van der Waals surface area contributed by atoms with E-state index >= 15 is 0 Å². The monoisotopic (exact) mass is 371 g/mol. The molecule has 2 aromatic rings. The third-order valence-corrected chi connectivity index (χ3v) is 6.79. The van der Waals surface area contributed by atoms with Crippen LogP contribution in [-0.4, -0.2) is 25.7 Å². The molecule has 4 bridgehead atoms. The Hall–Kier alpha value is -1.95. The minimum atomic E-state index is -0.294. The number of carbonyl (C=O) groups is 1. The fraction of sp³-hybridized carbons (Fsp3) is 0.579. The summed E-state index contributed by atoms with van der Waals surface area (Å²) < 4.78 is 1.95. The average molecular weight is 372 g/mol. The van der Waals surface area contributed by atoms with Crippen LogP contribution in [-0.2, 0) is 16.9 Å². The molecule has 2 heterocycles. The number of aromatic nitrogens is 4. The topological polar surface area (TPSA) is 72.7 Å². The lowest BCUT2D eigenvalue weighted by Crippen LogP contribution is -2.61. The maximum Gasteiger partial charge on any atom is 0.242 e. The summed E-state index contributed by atoms with van der Waals surface area (Å²) in [6.07, 6.45) is 9.71. The van der Waals surface area contributed by atoms with Gasteiger partial charge in [-0.15, -0.1) is 5.10 Å². The van der Waals surface area contributed by atoms with E-state index in [-0.39, 0.29) is 22.1 Å². The molecule has 0 radical (unpaired) electrons. The molecule has 0 aliphatic heterocycles. The fourth-order valence-electron chi connectivity index (χ4n) is 6.08. The van der Waals surface area contributed by atoms with Crippen LogP contribution in [0.3, 0.4) is 0 Å². The van der Waals surface area contributed by atoms with Crippen molar-refractivity contribution < 1.29 is 4.79 Å². The van der Waals surface area contributed by atoms with Crippen molar-refractivity contribution in [3.63, 3.8) is 0 Å². The number of pyridine rings is 1. The summed E-state index contributed by atoms with van der Waals surface area (Å²) in [6.45, 7) is 0.485. The predicted molar refractivity (Wildman–Crippen MR) is 96.2 cm³/mol. The highest BCUT2D eigenvalue weighted by atomic mass is 35.5. The molecule has 1 amide bonds. The minimum absolute atomic E-state index is 0.105. The largest absolute Gasteiger partial charge is 0.350 e. The number of hydrogen-bond donors (Lipinski definition) is 1. The zero-order valence-corrected chi connectivity index (χ0v) is 15.3. The molecule has 4 fully saturated rings. The molecule has 2 atom stereocenters. The van der Waals surface area contributed by atoms with Crippen LogP contribution in [0.15, 0.2) is 30.7 Å². The van der Waals surface area contributed by atoms with E-state index in [0.717, 1.165) is 37.8 Å². The van der Waals surface area contributed by atoms with Crippen molar-refractivity contribution in [1.29, 1.82) is 0 Å². The summed E-state index contributed by atoms with van der Waals surface area (Å²) in [5, 5.41) is 7.86. The standard InChI is InChI=1S/C19H22ClN5O/c20-17-23-12-25(24-17)19-8-13-5-14(9-19)7-18(6-13,11-19)16(26)22-10-15-3-1-2-4-21-15/h1-4,12-14H,5-11H2,(H,22,26). The Kier molecular flexibility index (Phi) is 3.61. The number of nitrogens with one attached hydrogen (secondary N) is 1. The van der Waals surface area contributed by atoms with E-state index in [1.165, 1.54) is 6.42 Å². The van der Waals surface area contributed by atoms with Crippen molar-refractivity contribution in [2.45, 2.75) is 50.6 Å². The molecule has 4 aliphatic carbocycles. The second kappa shape index (κ2) is 5.78. The highest BCUT2D eigenvalue weighted by molar-refractivity contribution is 6.28. The van der Waals surface area contributed by atoms with E-state index in [1.807, 2.05) is 22.9 Å². The number of amides is 1. The Morgan fingerprint density at radius 1 is 1.23 bits per heavy atom. The average Bonchev–Trinajstić information content (AvgIpc) is 3.07. The van der Waals surface area contributed by atoms with E-state index in [4.69, 9.17) is 11.6 Å². The smallest absolute Gasteiger partial charge is 0.242 e. The normalized spacial score (nSPS) is 34.8. The lowest BCUT2D eigenvalue weighted by molar-refractivity contribution is -0.156. The first-order chi connectivity index (χ1) is 12.6. The van der Waals surface area contributed by atoms with Gasteiger partial charge in [-0.05, 0) is 74.1 Å². The maximum absolute atomic E-state index is 13.2. The molecule has 4 aliphatic rings. The Balaban J connectivity index is 1.40. The van der Waals surface area contributed by atoms with Crippen LogP contribution >= 0.6 is 11.6 Å². The van der Waals surface area contributed by atoms with Crippen LogP contribution in [0.25, 0.3) is 0 Å². The van der Waals surface area contributed by atoms with Gasteiger partial charge in [-0.2, -0.15) is 0 Å². The Morgan fingerprint density at radius 3 is 2.69 bits per heavy atom. The molecule has 1 N–H and O–H groups in total. The summed E-state index contributed by atoms with van der Waals surface area (Å²) in [5.74, 6) is 1.34. The summed E-state index contributed by atoms with van der Waals surface area (Å²) in [4.78, 5) is 21.7. The van der Waals surface area contributed by atoms with Gasteiger partial charge in [0.15, 0.2) is 0 Å².